The van der Waals surface area contributed by atoms with Crippen LogP contribution in [-0.2, 0) is 22.6 Å². The van der Waals surface area contributed by atoms with Crippen molar-refractivity contribution in [1.82, 2.24) is 10.3 Å². The van der Waals surface area contributed by atoms with Crippen LogP contribution in [0, 0.1) is 0 Å². The Morgan fingerprint density at radius 1 is 0.938 bits per heavy atom. The molecule has 0 saturated heterocycles. The number of H-pyrrole nitrogens is 1. The summed E-state index contributed by atoms with van der Waals surface area (Å²) in [7, 11) is 0. The van der Waals surface area contributed by atoms with E-state index in [1.165, 1.54) is 0 Å². The van der Waals surface area contributed by atoms with Crippen molar-refractivity contribution in [2.75, 3.05) is 5.32 Å². The lowest BCUT2D eigenvalue weighted by atomic mass is 10.0. The third kappa shape index (κ3) is 5.56. The van der Waals surface area contributed by atoms with Crippen LogP contribution in [-0.4, -0.2) is 23.0 Å². The van der Waals surface area contributed by atoms with Gasteiger partial charge >= 0.3 is 6.09 Å². The van der Waals surface area contributed by atoms with Gasteiger partial charge in [-0.25, -0.2) is 4.79 Å². The van der Waals surface area contributed by atoms with Gasteiger partial charge in [0.25, 0.3) is 0 Å². The normalized spacial score (nSPS) is 11.7. The Hall–Kier alpha value is -3.58. The molecular formula is C25H22BrN3O3. The van der Waals surface area contributed by atoms with Crippen LogP contribution in [0.3, 0.4) is 0 Å². The maximum atomic E-state index is 13.1. The van der Waals surface area contributed by atoms with E-state index in [0.717, 1.165) is 26.5 Å². The highest BCUT2D eigenvalue weighted by atomic mass is 79.9. The maximum Gasteiger partial charge on any atom is 0.408 e. The lowest BCUT2D eigenvalue weighted by Gasteiger charge is -2.18. The van der Waals surface area contributed by atoms with Gasteiger partial charge in [-0.15, -0.1) is 0 Å². The number of hydrogen-bond acceptors (Lipinski definition) is 3. The molecule has 162 valence electrons. The molecule has 0 aliphatic carbocycles. The first-order valence-corrected chi connectivity index (χ1v) is 11.0. The van der Waals surface area contributed by atoms with Gasteiger partial charge in [0.05, 0.1) is 0 Å². The molecule has 0 aliphatic heterocycles. The monoisotopic (exact) mass is 491 g/mol. The third-order valence-corrected chi connectivity index (χ3v) is 5.56. The number of para-hydroxylation sites is 1. The molecule has 4 rings (SSSR count). The number of fused-ring (bicyclic) bond motifs is 1. The fourth-order valence-electron chi connectivity index (χ4n) is 3.40. The number of aromatic nitrogens is 1. The van der Waals surface area contributed by atoms with Crippen LogP contribution in [0.1, 0.15) is 11.1 Å². The Morgan fingerprint density at radius 3 is 2.44 bits per heavy atom. The van der Waals surface area contributed by atoms with Crippen LogP contribution in [0.15, 0.2) is 89.5 Å². The van der Waals surface area contributed by atoms with Crippen molar-refractivity contribution in [2.24, 2.45) is 0 Å². The quantitative estimate of drug-likeness (QED) is 0.323. The predicted molar refractivity (Wildman–Crippen MR) is 128 cm³/mol. The summed E-state index contributed by atoms with van der Waals surface area (Å²) in [5.74, 6) is -0.325. The molecule has 1 heterocycles. The first kappa shape index (κ1) is 21.6. The minimum absolute atomic E-state index is 0.126. The van der Waals surface area contributed by atoms with Crippen molar-refractivity contribution in [3.63, 3.8) is 0 Å². The minimum atomic E-state index is -0.818. The Labute approximate surface area is 194 Å². The van der Waals surface area contributed by atoms with Crippen molar-refractivity contribution < 1.29 is 14.3 Å². The Balaban J connectivity index is 1.49. The Morgan fingerprint density at radius 2 is 1.66 bits per heavy atom. The molecule has 32 heavy (non-hydrogen) atoms. The van der Waals surface area contributed by atoms with E-state index in [1.807, 2.05) is 72.9 Å². The summed E-state index contributed by atoms with van der Waals surface area (Å²) < 4.78 is 6.25. The zero-order chi connectivity index (χ0) is 22.3. The summed E-state index contributed by atoms with van der Waals surface area (Å²) in [6.45, 7) is 0.126. The summed E-state index contributed by atoms with van der Waals surface area (Å²) in [5.41, 5.74) is 3.41. The van der Waals surface area contributed by atoms with E-state index in [4.69, 9.17) is 4.74 Å². The predicted octanol–water partition coefficient (Wildman–Crippen LogP) is 5.41. The summed E-state index contributed by atoms with van der Waals surface area (Å²) in [6, 6.07) is 23.7. The van der Waals surface area contributed by atoms with Crippen LogP contribution < -0.4 is 10.6 Å². The Bertz CT molecular complexity index is 1210. The number of anilines is 1. The third-order valence-electron chi connectivity index (χ3n) is 5.03. The standard InChI is InChI=1S/C25H22BrN3O3/c26-19-10-12-20(13-11-19)28-24(30)23(14-18-15-27-22-9-5-4-8-21(18)22)29-25(31)32-16-17-6-2-1-3-7-17/h1-13,15,23,27H,14,16H2,(H,28,30)(H,29,31)/t23-/m1/s1. The highest BCUT2D eigenvalue weighted by Crippen LogP contribution is 2.20. The van der Waals surface area contributed by atoms with Crippen LogP contribution in [0.2, 0.25) is 0 Å². The molecule has 3 aromatic carbocycles. The zero-order valence-corrected chi connectivity index (χ0v) is 18.8. The van der Waals surface area contributed by atoms with Gasteiger partial charge in [0, 0.05) is 33.7 Å². The minimum Gasteiger partial charge on any atom is -0.445 e. The lowest BCUT2D eigenvalue weighted by molar-refractivity contribution is -0.118. The molecule has 0 aliphatic rings. The molecule has 0 radical (unpaired) electrons. The lowest BCUT2D eigenvalue weighted by Crippen LogP contribution is -2.45. The molecule has 7 heteroatoms. The molecule has 0 spiro atoms. The van der Waals surface area contributed by atoms with E-state index in [9.17, 15) is 9.59 Å². The number of carbonyl (C=O) groups excluding carboxylic acids is 2. The van der Waals surface area contributed by atoms with Gasteiger partial charge in [0.15, 0.2) is 0 Å². The van der Waals surface area contributed by atoms with Gasteiger partial charge in [0.2, 0.25) is 5.91 Å². The Kier molecular flexibility index (Phi) is 6.87. The number of ether oxygens (including phenoxy) is 1. The summed E-state index contributed by atoms with van der Waals surface area (Å²) in [4.78, 5) is 28.8. The second-order valence-corrected chi connectivity index (χ2v) is 8.23. The number of amides is 2. The van der Waals surface area contributed by atoms with Crippen molar-refractivity contribution in [1.29, 1.82) is 0 Å². The van der Waals surface area contributed by atoms with E-state index in [2.05, 4.69) is 31.5 Å². The molecule has 0 fully saturated rings. The molecule has 6 nitrogen and oxygen atoms in total. The number of hydrogen-bond donors (Lipinski definition) is 3. The van der Waals surface area contributed by atoms with E-state index >= 15 is 0 Å². The van der Waals surface area contributed by atoms with E-state index in [1.54, 1.807) is 12.1 Å². The van der Waals surface area contributed by atoms with Crippen LogP contribution in [0.4, 0.5) is 10.5 Å². The molecule has 0 unspecified atom stereocenters. The van der Waals surface area contributed by atoms with Crippen LogP contribution in [0.25, 0.3) is 10.9 Å². The van der Waals surface area contributed by atoms with Crippen molar-refractivity contribution in [3.05, 3.63) is 101 Å². The number of benzene rings is 3. The molecule has 0 bridgehead atoms. The van der Waals surface area contributed by atoms with Gasteiger partial charge in [0.1, 0.15) is 12.6 Å². The number of alkyl carbamates (subject to hydrolysis) is 1. The maximum absolute atomic E-state index is 13.1. The first-order chi connectivity index (χ1) is 15.6. The van der Waals surface area contributed by atoms with Crippen LogP contribution in [0.5, 0.6) is 0 Å². The molecule has 1 atom stereocenters. The largest absolute Gasteiger partial charge is 0.445 e. The average molecular weight is 492 g/mol. The highest BCUT2D eigenvalue weighted by Gasteiger charge is 2.23. The van der Waals surface area contributed by atoms with E-state index in [-0.39, 0.29) is 12.5 Å². The first-order valence-electron chi connectivity index (χ1n) is 10.2. The van der Waals surface area contributed by atoms with E-state index in [0.29, 0.717) is 12.1 Å². The van der Waals surface area contributed by atoms with Gasteiger partial charge < -0.3 is 20.4 Å². The topological polar surface area (TPSA) is 83.2 Å². The fraction of sp³-hybridized carbons (Fsp3) is 0.120. The van der Waals surface area contributed by atoms with Gasteiger partial charge in [-0.3, -0.25) is 4.79 Å². The van der Waals surface area contributed by atoms with Crippen molar-refractivity contribution >= 4 is 44.5 Å². The number of nitrogens with one attached hydrogen (secondary N) is 3. The van der Waals surface area contributed by atoms with Crippen molar-refractivity contribution in [3.8, 4) is 0 Å². The molecular weight excluding hydrogens is 470 g/mol. The van der Waals surface area contributed by atoms with Gasteiger partial charge in [-0.05, 0) is 41.5 Å². The second kappa shape index (κ2) is 10.2. The van der Waals surface area contributed by atoms with Gasteiger partial charge in [-0.2, -0.15) is 0 Å². The highest BCUT2D eigenvalue weighted by molar-refractivity contribution is 9.10. The molecule has 1 aromatic heterocycles. The average Bonchev–Trinajstić information content (AvgIpc) is 3.22. The van der Waals surface area contributed by atoms with Crippen LogP contribution >= 0.6 is 15.9 Å². The molecule has 0 saturated carbocycles. The summed E-state index contributed by atoms with van der Waals surface area (Å²) >= 11 is 3.38. The number of aromatic amines is 1. The zero-order valence-electron chi connectivity index (χ0n) is 17.2. The fourth-order valence-corrected chi connectivity index (χ4v) is 3.66. The summed E-state index contributed by atoms with van der Waals surface area (Å²) in [6.07, 6.45) is 1.53. The number of carbonyl (C=O) groups is 2. The number of halogens is 1. The number of rotatable bonds is 7. The van der Waals surface area contributed by atoms with Crippen molar-refractivity contribution in [2.45, 2.75) is 19.1 Å². The molecule has 4 aromatic rings. The van der Waals surface area contributed by atoms with E-state index < -0.39 is 12.1 Å². The molecule has 3 N–H and O–H groups in total. The summed E-state index contributed by atoms with van der Waals surface area (Å²) in [5, 5.41) is 6.60. The SMILES string of the molecule is O=C(N[C@H](Cc1c[nH]c2ccccc12)C(=O)Nc1ccc(Br)cc1)OCc1ccccc1. The second-order valence-electron chi connectivity index (χ2n) is 7.32. The molecule has 2 amide bonds. The smallest absolute Gasteiger partial charge is 0.408 e. The van der Waals surface area contributed by atoms with Gasteiger partial charge in [-0.1, -0.05) is 64.5 Å².